The van der Waals surface area contributed by atoms with Crippen LogP contribution in [0.25, 0.3) is 11.1 Å². The summed E-state index contributed by atoms with van der Waals surface area (Å²) < 4.78 is 0. The number of nitro benzene ring substituents is 1. The predicted octanol–water partition coefficient (Wildman–Crippen LogP) is 3.11. The first kappa shape index (κ1) is 10.7. The maximum atomic E-state index is 12.3. The summed E-state index contributed by atoms with van der Waals surface area (Å²) in [6.45, 7) is 1.87. The average molecular weight is 239 g/mol. The topological polar surface area (TPSA) is 60.2 Å². The molecular formula is C14H9NO3. The molecule has 0 aliphatic heterocycles. The lowest BCUT2D eigenvalue weighted by Crippen LogP contribution is -1.98. The zero-order chi connectivity index (χ0) is 12.9. The molecule has 0 amide bonds. The van der Waals surface area contributed by atoms with Crippen LogP contribution in [0.4, 0.5) is 5.69 Å². The van der Waals surface area contributed by atoms with Crippen molar-refractivity contribution < 1.29 is 9.72 Å². The Kier molecular flexibility index (Phi) is 2.07. The molecular weight excluding hydrogens is 230 g/mol. The van der Waals surface area contributed by atoms with E-state index in [4.69, 9.17) is 0 Å². The number of hydrogen-bond acceptors (Lipinski definition) is 3. The van der Waals surface area contributed by atoms with E-state index in [9.17, 15) is 14.9 Å². The van der Waals surface area contributed by atoms with E-state index in [-0.39, 0.29) is 11.5 Å². The van der Waals surface area contributed by atoms with E-state index < -0.39 is 4.92 Å². The summed E-state index contributed by atoms with van der Waals surface area (Å²) in [6, 6.07) is 10.1. The number of fused-ring (bicyclic) bond motifs is 3. The molecule has 88 valence electrons. The van der Waals surface area contributed by atoms with Gasteiger partial charge in [0.2, 0.25) is 0 Å². The molecule has 0 unspecified atom stereocenters. The predicted molar refractivity (Wildman–Crippen MR) is 66.7 cm³/mol. The Labute approximate surface area is 103 Å². The van der Waals surface area contributed by atoms with Crippen LogP contribution in [0.5, 0.6) is 0 Å². The van der Waals surface area contributed by atoms with Crippen molar-refractivity contribution in [3.05, 3.63) is 63.2 Å². The summed E-state index contributed by atoms with van der Waals surface area (Å²) in [5.41, 5.74) is 3.58. The SMILES string of the molecule is Cc1cccc2c1C(=O)c1cc([N+](=O)[O-])ccc1-2. The van der Waals surface area contributed by atoms with Crippen molar-refractivity contribution >= 4 is 11.5 Å². The fraction of sp³-hybridized carbons (Fsp3) is 0.0714. The van der Waals surface area contributed by atoms with E-state index in [1.807, 2.05) is 25.1 Å². The molecule has 2 aromatic rings. The smallest absolute Gasteiger partial charge is 0.270 e. The number of nitro groups is 1. The Hall–Kier alpha value is -2.49. The van der Waals surface area contributed by atoms with Crippen LogP contribution in [0.1, 0.15) is 21.5 Å². The highest BCUT2D eigenvalue weighted by molar-refractivity contribution is 6.22. The number of nitrogens with zero attached hydrogens (tertiary/aromatic N) is 1. The molecule has 1 aliphatic carbocycles. The van der Waals surface area contributed by atoms with Crippen molar-refractivity contribution in [3.63, 3.8) is 0 Å². The van der Waals surface area contributed by atoms with Crippen LogP contribution >= 0.6 is 0 Å². The number of non-ortho nitro benzene ring substituents is 1. The van der Waals surface area contributed by atoms with Crippen LogP contribution in [0.15, 0.2) is 36.4 Å². The lowest BCUT2D eigenvalue weighted by molar-refractivity contribution is -0.384. The van der Waals surface area contributed by atoms with Gasteiger partial charge in [-0.15, -0.1) is 0 Å². The van der Waals surface area contributed by atoms with Gasteiger partial charge in [-0.1, -0.05) is 18.2 Å². The second-order valence-electron chi connectivity index (χ2n) is 4.31. The Morgan fingerprint density at radius 2 is 1.83 bits per heavy atom. The van der Waals surface area contributed by atoms with Gasteiger partial charge in [0.25, 0.3) is 5.69 Å². The quantitative estimate of drug-likeness (QED) is 0.484. The molecule has 0 saturated carbocycles. The monoisotopic (exact) mass is 239 g/mol. The van der Waals surface area contributed by atoms with Crippen LogP contribution < -0.4 is 0 Å². The molecule has 0 aromatic heterocycles. The van der Waals surface area contributed by atoms with Gasteiger partial charge < -0.3 is 0 Å². The van der Waals surface area contributed by atoms with Gasteiger partial charge in [-0.3, -0.25) is 14.9 Å². The summed E-state index contributed by atoms with van der Waals surface area (Å²) in [5.74, 6) is -0.123. The lowest BCUT2D eigenvalue weighted by atomic mass is 10.0. The molecule has 0 fully saturated rings. The van der Waals surface area contributed by atoms with Crippen molar-refractivity contribution in [2.24, 2.45) is 0 Å². The van der Waals surface area contributed by atoms with E-state index >= 15 is 0 Å². The second kappa shape index (κ2) is 3.50. The van der Waals surface area contributed by atoms with E-state index in [1.165, 1.54) is 12.1 Å². The number of hydrogen-bond donors (Lipinski definition) is 0. The van der Waals surface area contributed by atoms with Crippen LogP contribution in [0.2, 0.25) is 0 Å². The number of ketones is 1. The maximum Gasteiger partial charge on any atom is 0.270 e. The zero-order valence-corrected chi connectivity index (χ0v) is 9.64. The van der Waals surface area contributed by atoms with Crippen LogP contribution in [0, 0.1) is 17.0 Å². The summed E-state index contributed by atoms with van der Waals surface area (Å²) in [5, 5.41) is 10.7. The Morgan fingerprint density at radius 3 is 2.56 bits per heavy atom. The number of rotatable bonds is 1. The summed E-state index contributed by atoms with van der Waals surface area (Å²) in [6.07, 6.45) is 0. The minimum atomic E-state index is -0.483. The third-order valence-corrected chi connectivity index (χ3v) is 3.25. The Balaban J connectivity index is 2.30. The molecule has 1 aliphatic rings. The van der Waals surface area contributed by atoms with Gasteiger partial charge in [0, 0.05) is 23.3 Å². The minimum Gasteiger partial charge on any atom is -0.289 e. The van der Waals surface area contributed by atoms with Crippen molar-refractivity contribution in [2.75, 3.05) is 0 Å². The summed E-state index contributed by atoms with van der Waals surface area (Å²) in [4.78, 5) is 22.5. The highest BCUT2D eigenvalue weighted by atomic mass is 16.6. The normalized spacial score (nSPS) is 12.2. The molecule has 4 heteroatoms. The number of carbonyl (C=O) groups excluding carboxylic acids is 1. The van der Waals surface area contributed by atoms with E-state index in [0.717, 1.165) is 16.7 Å². The standard InChI is InChI=1S/C14H9NO3/c1-8-3-2-4-11-10-6-5-9(15(17)18)7-12(10)14(16)13(8)11/h2-7H,1H3. The van der Waals surface area contributed by atoms with Gasteiger partial charge in [0.15, 0.2) is 5.78 Å². The summed E-state index contributed by atoms with van der Waals surface area (Å²) in [7, 11) is 0. The van der Waals surface area contributed by atoms with Crippen LogP contribution in [-0.2, 0) is 0 Å². The highest BCUT2D eigenvalue weighted by Crippen LogP contribution is 2.39. The largest absolute Gasteiger partial charge is 0.289 e. The van der Waals surface area contributed by atoms with Crippen molar-refractivity contribution in [2.45, 2.75) is 6.92 Å². The molecule has 0 atom stereocenters. The Bertz CT molecular complexity index is 704. The molecule has 0 radical (unpaired) electrons. The lowest BCUT2D eigenvalue weighted by Gasteiger charge is -2.01. The van der Waals surface area contributed by atoms with Crippen LogP contribution in [-0.4, -0.2) is 10.7 Å². The van der Waals surface area contributed by atoms with Crippen molar-refractivity contribution in [1.82, 2.24) is 0 Å². The number of carbonyl (C=O) groups is 1. The van der Waals surface area contributed by atoms with Gasteiger partial charge in [0.05, 0.1) is 4.92 Å². The molecule has 3 rings (SSSR count). The van der Waals surface area contributed by atoms with Gasteiger partial charge in [-0.05, 0) is 29.7 Å². The third-order valence-electron chi connectivity index (χ3n) is 3.25. The molecule has 4 nitrogen and oxygen atoms in total. The first-order valence-electron chi connectivity index (χ1n) is 5.52. The first-order valence-corrected chi connectivity index (χ1v) is 5.52. The second-order valence-corrected chi connectivity index (χ2v) is 4.31. The molecule has 0 spiro atoms. The summed E-state index contributed by atoms with van der Waals surface area (Å²) >= 11 is 0. The molecule has 0 bridgehead atoms. The van der Waals surface area contributed by atoms with Gasteiger partial charge in [-0.2, -0.15) is 0 Å². The fourth-order valence-corrected chi connectivity index (χ4v) is 2.40. The van der Waals surface area contributed by atoms with Crippen molar-refractivity contribution in [3.8, 4) is 11.1 Å². The van der Waals surface area contributed by atoms with E-state index in [1.54, 1.807) is 6.07 Å². The molecule has 18 heavy (non-hydrogen) atoms. The Morgan fingerprint density at radius 1 is 1.06 bits per heavy atom. The van der Waals surface area contributed by atoms with Gasteiger partial charge in [-0.25, -0.2) is 0 Å². The van der Waals surface area contributed by atoms with Gasteiger partial charge in [0.1, 0.15) is 0 Å². The van der Waals surface area contributed by atoms with Crippen LogP contribution in [0.3, 0.4) is 0 Å². The maximum absolute atomic E-state index is 12.3. The highest BCUT2D eigenvalue weighted by Gasteiger charge is 2.29. The molecule has 0 N–H and O–H groups in total. The number of aryl methyl sites for hydroxylation is 1. The molecule has 0 saturated heterocycles. The first-order chi connectivity index (χ1) is 8.59. The van der Waals surface area contributed by atoms with Crippen molar-refractivity contribution in [1.29, 1.82) is 0 Å². The fourth-order valence-electron chi connectivity index (χ4n) is 2.40. The molecule has 2 aromatic carbocycles. The minimum absolute atomic E-state index is 0.0486. The third kappa shape index (κ3) is 1.29. The molecule has 0 heterocycles. The van der Waals surface area contributed by atoms with Gasteiger partial charge >= 0.3 is 0 Å². The number of benzene rings is 2. The average Bonchev–Trinajstić information content (AvgIpc) is 2.64. The van der Waals surface area contributed by atoms with E-state index in [0.29, 0.717) is 11.1 Å². The van der Waals surface area contributed by atoms with E-state index in [2.05, 4.69) is 0 Å². The zero-order valence-electron chi connectivity index (χ0n) is 9.64.